The summed E-state index contributed by atoms with van der Waals surface area (Å²) in [7, 11) is 2.00. The summed E-state index contributed by atoms with van der Waals surface area (Å²) >= 11 is 0. The summed E-state index contributed by atoms with van der Waals surface area (Å²) in [5.41, 5.74) is 1.16. The first kappa shape index (κ1) is 11.3. The molecule has 0 aliphatic carbocycles. The number of rotatable bonds is 4. The lowest BCUT2D eigenvalue weighted by Crippen LogP contribution is -2.04. The first-order valence-electron chi connectivity index (χ1n) is 6.12. The summed E-state index contributed by atoms with van der Waals surface area (Å²) in [4.78, 5) is 0. The highest BCUT2D eigenvalue weighted by atomic mass is 16.5. The van der Waals surface area contributed by atoms with Crippen molar-refractivity contribution in [2.45, 2.75) is 25.5 Å². The summed E-state index contributed by atoms with van der Waals surface area (Å²) in [5.74, 6) is 0.571. The molecular weight excluding hydrogens is 232 g/mol. The van der Waals surface area contributed by atoms with Crippen molar-refractivity contribution >= 4 is 6.01 Å². The van der Waals surface area contributed by atoms with Crippen LogP contribution in [0.4, 0.5) is 6.01 Å². The topological polar surface area (TPSA) is 65.1 Å². The quantitative estimate of drug-likeness (QED) is 0.894. The van der Waals surface area contributed by atoms with Gasteiger partial charge in [0.25, 0.3) is 0 Å². The van der Waals surface area contributed by atoms with Gasteiger partial charge in [0, 0.05) is 25.5 Å². The van der Waals surface area contributed by atoms with E-state index in [1.807, 2.05) is 29.9 Å². The van der Waals surface area contributed by atoms with Crippen LogP contribution in [-0.4, -0.2) is 21.4 Å². The van der Waals surface area contributed by atoms with Crippen molar-refractivity contribution in [1.82, 2.24) is 14.8 Å². The second-order valence-corrected chi connectivity index (χ2v) is 4.41. The van der Waals surface area contributed by atoms with Crippen molar-refractivity contribution < 1.29 is 9.15 Å². The predicted octanol–water partition coefficient (Wildman–Crippen LogP) is 1.87. The molecule has 0 aromatic carbocycles. The molecule has 0 amide bonds. The van der Waals surface area contributed by atoms with Crippen molar-refractivity contribution in [1.29, 1.82) is 0 Å². The maximum absolute atomic E-state index is 5.54. The van der Waals surface area contributed by atoms with Crippen LogP contribution in [0, 0.1) is 0 Å². The van der Waals surface area contributed by atoms with E-state index in [2.05, 4.69) is 15.5 Å². The molecule has 6 heteroatoms. The zero-order valence-corrected chi connectivity index (χ0v) is 10.3. The molecule has 2 aromatic rings. The molecular formula is C12H16N4O2. The van der Waals surface area contributed by atoms with Crippen LogP contribution in [0.15, 0.2) is 22.7 Å². The molecule has 1 saturated heterocycles. The smallest absolute Gasteiger partial charge is 0.315 e. The number of nitrogens with one attached hydrogen (secondary N) is 1. The Balaban J connectivity index is 1.61. The molecule has 1 N–H and O–H groups in total. The van der Waals surface area contributed by atoms with Gasteiger partial charge in [0.2, 0.25) is 5.89 Å². The minimum atomic E-state index is -0.0249. The molecule has 1 aliphatic rings. The Bertz CT molecular complexity index is 514. The maximum Gasteiger partial charge on any atom is 0.315 e. The minimum Gasteiger partial charge on any atom is -0.405 e. The third kappa shape index (κ3) is 2.24. The number of ether oxygens (including phenoxy) is 1. The van der Waals surface area contributed by atoms with E-state index in [1.54, 1.807) is 0 Å². The second kappa shape index (κ2) is 4.81. The van der Waals surface area contributed by atoms with Crippen molar-refractivity contribution in [3.63, 3.8) is 0 Å². The average molecular weight is 248 g/mol. The Morgan fingerprint density at radius 2 is 2.44 bits per heavy atom. The van der Waals surface area contributed by atoms with Crippen LogP contribution < -0.4 is 5.32 Å². The lowest BCUT2D eigenvalue weighted by molar-refractivity contribution is 0.0897. The molecule has 96 valence electrons. The monoisotopic (exact) mass is 248 g/mol. The second-order valence-electron chi connectivity index (χ2n) is 4.41. The lowest BCUT2D eigenvalue weighted by Gasteiger charge is -2.04. The van der Waals surface area contributed by atoms with Gasteiger partial charge in [-0.1, -0.05) is 5.10 Å². The number of aromatic nitrogens is 3. The van der Waals surface area contributed by atoms with E-state index in [4.69, 9.17) is 9.15 Å². The molecule has 1 fully saturated rings. The van der Waals surface area contributed by atoms with Gasteiger partial charge in [-0.05, 0) is 25.0 Å². The minimum absolute atomic E-state index is 0.0249. The summed E-state index contributed by atoms with van der Waals surface area (Å²) < 4.78 is 13.1. The number of hydrogen-bond donors (Lipinski definition) is 1. The van der Waals surface area contributed by atoms with Crippen LogP contribution in [0.3, 0.4) is 0 Å². The lowest BCUT2D eigenvalue weighted by atomic mass is 10.2. The standard InChI is InChI=1S/C12H16N4O2/c1-16-6-2-4-9(16)8-13-12-15-14-11(18-12)10-5-3-7-17-10/h2,4,6,10H,3,5,7-8H2,1H3,(H,13,15). The van der Waals surface area contributed by atoms with Gasteiger partial charge in [-0.25, -0.2) is 0 Å². The summed E-state index contributed by atoms with van der Waals surface area (Å²) in [6.07, 6.45) is 3.99. The molecule has 3 heterocycles. The van der Waals surface area contributed by atoms with E-state index in [1.165, 1.54) is 0 Å². The van der Waals surface area contributed by atoms with E-state index in [-0.39, 0.29) is 6.10 Å². The number of hydrogen-bond acceptors (Lipinski definition) is 5. The molecule has 18 heavy (non-hydrogen) atoms. The Morgan fingerprint density at radius 3 is 3.17 bits per heavy atom. The van der Waals surface area contributed by atoms with Gasteiger partial charge in [-0.3, -0.25) is 0 Å². The number of aryl methyl sites for hydroxylation is 1. The maximum atomic E-state index is 5.54. The van der Waals surface area contributed by atoms with E-state index < -0.39 is 0 Å². The van der Waals surface area contributed by atoms with Gasteiger partial charge in [0.1, 0.15) is 6.10 Å². The Kier molecular flexibility index (Phi) is 3.02. The van der Waals surface area contributed by atoms with Crippen molar-refractivity contribution in [3.8, 4) is 0 Å². The van der Waals surface area contributed by atoms with Crippen LogP contribution in [0.5, 0.6) is 0 Å². The van der Waals surface area contributed by atoms with Crippen molar-refractivity contribution in [2.24, 2.45) is 7.05 Å². The van der Waals surface area contributed by atoms with Crippen LogP contribution in [-0.2, 0) is 18.3 Å². The fourth-order valence-corrected chi connectivity index (χ4v) is 2.05. The zero-order valence-electron chi connectivity index (χ0n) is 10.3. The van der Waals surface area contributed by atoms with E-state index in [0.29, 0.717) is 18.5 Å². The van der Waals surface area contributed by atoms with E-state index in [0.717, 1.165) is 25.1 Å². The normalized spacial score (nSPS) is 19.3. The summed E-state index contributed by atoms with van der Waals surface area (Å²) in [6, 6.07) is 4.49. The van der Waals surface area contributed by atoms with Gasteiger partial charge >= 0.3 is 6.01 Å². The summed E-state index contributed by atoms with van der Waals surface area (Å²) in [5, 5.41) is 11.1. The molecule has 1 aliphatic heterocycles. The van der Waals surface area contributed by atoms with Crippen LogP contribution >= 0.6 is 0 Å². The van der Waals surface area contributed by atoms with E-state index >= 15 is 0 Å². The molecule has 0 radical (unpaired) electrons. The average Bonchev–Trinajstić information content (AvgIpc) is 3.08. The number of anilines is 1. The summed E-state index contributed by atoms with van der Waals surface area (Å²) in [6.45, 7) is 1.44. The molecule has 2 aromatic heterocycles. The highest BCUT2D eigenvalue weighted by Crippen LogP contribution is 2.28. The van der Waals surface area contributed by atoms with Gasteiger partial charge in [0.15, 0.2) is 0 Å². The van der Waals surface area contributed by atoms with Crippen molar-refractivity contribution in [3.05, 3.63) is 29.9 Å². The van der Waals surface area contributed by atoms with Crippen LogP contribution in [0.1, 0.15) is 30.5 Å². The van der Waals surface area contributed by atoms with Gasteiger partial charge < -0.3 is 19.0 Å². The van der Waals surface area contributed by atoms with E-state index in [9.17, 15) is 0 Å². The fourth-order valence-electron chi connectivity index (χ4n) is 2.05. The zero-order chi connectivity index (χ0) is 12.4. The van der Waals surface area contributed by atoms with Crippen LogP contribution in [0.25, 0.3) is 0 Å². The van der Waals surface area contributed by atoms with Gasteiger partial charge in [-0.15, -0.1) is 5.10 Å². The molecule has 6 nitrogen and oxygen atoms in total. The number of nitrogens with zero attached hydrogens (tertiary/aromatic N) is 3. The molecule has 0 saturated carbocycles. The largest absolute Gasteiger partial charge is 0.405 e. The Labute approximate surface area is 105 Å². The third-order valence-electron chi connectivity index (χ3n) is 3.12. The Hall–Kier alpha value is -1.82. The highest BCUT2D eigenvalue weighted by molar-refractivity contribution is 5.21. The third-order valence-corrected chi connectivity index (χ3v) is 3.12. The predicted molar refractivity (Wildman–Crippen MR) is 65.0 cm³/mol. The fraction of sp³-hybridized carbons (Fsp3) is 0.500. The first-order chi connectivity index (χ1) is 8.83. The highest BCUT2D eigenvalue weighted by Gasteiger charge is 2.23. The molecule has 1 atom stereocenters. The molecule has 0 spiro atoms. The molecule has 1 unspecified atom stereocenters. The first-order valence-corrected chi connectivity index (χ1v) is 6.12. The van der Waals surface area contributed by atoms with Crippen molar-refractivity contribution in [2.75, 3.05) is 11.9 Å². The van der Waals surface area contributed by atoms with Gasteiger partial charge in [0.05, 0.1) is 6.54 Å². The van der Waals surface area contributed by atoms with Gasteiger partial charge in [-0.2, -0.15) is 0 Å². The SMILES string of the molecule is Cn1cccc1CNc1nnc(C2CCCO2)o1. The Morgan fingerprint density at radius 1 is 1.50 bits per heavy atom. The molecule has 0 bridgehead atoms. The van der Waals surface area contributed by atoms with Crippen LogP contribution in [0.2, 0.25) is 0 Å². The molecule has 3 rings (SSSR count).